The van der Waals surface area contributed by atoms with Gasteiger partial charge in [-0.3, -0.25) is 9.59 Å². The van der Waals surface area contributed by atoms with Crippen molar-refractivity contribution in [1.29, 1.82) is 0 Å². The van der Waals surface area contributed by atoms with Gasteiger partial charge in [-0.05, 0) is 12.8 Å². The molecule has 0 fully saturated rings. The Labute approximate surface area is 91.8 Å². The first-order valence-corrected chi connectivity index (χ1v) is 5.74. The number of unbranched alkanes of at least 4 members (excludes halogenated alkanes) is 2. The van der Waals surface area contributed by atoms with Crippen molar-refractivity contribution in [3.63, 3.8) is 0 Å². The van der Waals surface area contributed by atoms with Crippen molar-refractivity contribution in [2.45, 2.75) is 52.4 Å². The van der Waals surface area contributed by atoms with Crippen molar-refractivity contribution in [2.75, 3.05) is 6.67 Å². The summed E-state index contributed by atoms with van der Waals surface area (Å²) in [6, 6.07) is 0. The predicted octanol–water partition coefficient (Wildman–Crippen LogP) is 1.56. The SMILES string of the molecule is CCCCC(=O)NCNC(=O)CCCC. The van der Waals surface area contributed by atoms with Gasteiger partial charge in [-0.15, -0.1) is 0 Å². The van der Waals surface area contributed by atoms with E-state index in [1.54, 1.807) is 0 Å². The third-order valence-electron chi connectivity index (χ3n) is 2.09. The molecule has 2 amide bonds. The highest BCUT2D eigenvalue weighted by molar-refractivity contribution is 5.78. The molecule has 0 aromatic rings. The van der Waals surface area contributed by atoms with E-state index in [1.807, 2.05) is 13.8 Å². The molecule has 4 heteroatoms. The average molecular weight is 214 g/mol. The average Bonchev–Trinajstić information content (AvgIpc) is 2.23. The standard InChI is InChI=1S/C11H22N2O2/c1-3-5-7-10(14)12-9-13-11(15)8-6-4-2/h3-9H2,1-2H3,(H,12,14)(H,13,15). The van der Waals surface area contributed by atoms with Crippen LogP contribution < -0.4 is 10.6 Å². The molecule has 15 heavy (non-hydrogen) atoms. The topological polar surface area (TPSA) is 58.2 Å². The zero-order chi connectivity index (χ0) is 11.5. The summed E-state index contributed by atoms with van der Waals surface area (Å²) in [6.45, 7) is 4.34. The summed E-state index contributed by atoms with van der Waals surface area (Å²) in [5.41, 5.74) is 0. The van der Waals surface area contributed by atoms with E-state index in [0.717, 1.165) is 25.7 Å². The lowest BCUT2D eigenvalue weighted by Crippen LogP contribution is -2.37. The zero-order valence-corrected chi connectivity index (χ0v) is 9.77. The quantitative estimate of drug-likeness (QED) is 0.602. The van der Waals surface area contributed by atoms with Crippen molar-refractivity contribution >= 4 is 11.8 Å². The first-order valence-electron chi connectivity index (χ1n) is 5.74. The van der Waals surface area contributed by atoms with Crippen LogP contribution in [-0.4, -0.2) is 18.5 Å². The summed E-state index contributed by atoms with van der Waals surface area (Å²) in [5, 5.41) is 5.31. The molecule has 0 unspecified atom stereocenters. The Bertz CT molecular complexity index is 173. The van der Waals surface area contributed by atoms with E-state index in [4.69, 9.17) is 0 Å². The normalized spacial score (nSPS) is 9.73. The largest absolute Gasteiger partial charge is 0.339 e. The highest BCUT2D eigenvalue weighted by atomic mass is 16.2. The van der Waals surface area contributed by atoms with Gasteiger partial charge in [-0.25, -0.2) is 0 Å². The Morgan fingerprint density at radius 3 is 1.60 bits per heavy atom. The van der Waals surface area contributed by atoms with E-state index in [0.29, 0.717) is 12.8 Å². The smallest absolute Gasteiger partial charge is 0.221 e. The van der Waals surface area contributed by atoms with Crippen LogP contribution in [0.1, 0.15) is 52.4 Å². The molecule has 0 spiro atoms. The Balaban J connectivity index is 3.36. The van der Waals surface area contributed by atoms with Crippen molar-refractivity contribution in [3.05, 3.63) is 0 Å². The molecule has 0 radical (unpaired) electrons. The third-order valence-corrected chi connectivity index (χ3v) is 2.09. The van der Waals surface area contributed by atoms with Gasteiger partial charge in [-0.2, -0.15) is 0 Å². The first-order chi connectivity index (χ1) is 7.20. The molecule has 0 aliphatic carbocycles. The Hall–Kier alpha value is -1.06. The van der Waals surface area contributed by atoms with Gasteiger partial charge in [0.2, 0.25) is 11.8 Å². The molecule has 0 aromatic carbocycles. The summed E-state index contributed by atoms with van der Waals surface area (Å²) in [6.07, 6.45) is 4.90. The highest BCUT2D eigenvalue weighted by Gasteiger charge is 2.01. The fourth-order valence-electron chi connectivity index (χ4n) is 1.09. The molecule has 0 saturated carbocycles. The Morgan fingerprint density at radius 1 is 0.867 bits per heavy atom. The lowest BCUT2D eigenvalue weighted by atomic mass is 10.2. The number of hydrogen-bond acceptors (Lipinski definition) is 2. The Kier molecular flexibility index (Phi) is 8.82. The van der Waals surface area contributed by atoms with Crippen LogP contribution in [0.2, 0.25) is 0 Å². The highest BCUT2D eigenvalue weighted by Crippen LogP contribution is 1.93. The molecular weight excluding hydrogens is 192 g/mol. The fourth-order valence-corrected chi connectivity index (χ4v) is 1.09. The van der Waals surface area contributed by atoms with E-state index in [9.17, 15) is 9.59 Å². The minimum atomic E-state index is 0.00708. The third kappa shape index (κ3) is 9.25. The fraction of sp³-hybridized carbons (Fsp3) is 0.818. The van der Waals surface area contributed by atoms with E-state index in [1.165, 1.54) is 0 Å². The van der Waals surface area contributed by atoms with Crippen molar-refractivity contribution in [1.82, 2.24) is 10.6 Å². The van der Waals surface area contributed by atoms with Crippen LogP contribution in [-0.2, 0) is 9.59 Å². The number of rotatable bonds is 8. The summed E-state index contributed by atoms with van der Waals surface area (Å²) < 4.78 is 0. The van der Waals surface area contributed by atoms with Crippen LogP contribution in [0.4, 0.5) is 0 Å². The van der Waals surface area contributed by atoms with Gasteiger partial charge in [0.1, 0.15) is 0 Å². The van der Waals surface area contributed by atoms with Gasteiger partial charge < -0.3 is 10.6 Å². The van der Waals surface area contributed by atoms with Gasteiger partial charge in [-0.1, -0.05) is 26.7 Å². The van der Waals surface area contributed by atoms with Gasteiger partial charge >= 0.3 is 0 Å². The summed E-state index contributed by atoms with van der Waals surface area (Å²) in [4.78, 5) is 22.3. The van der Waals surface area contributed by atoms with E-state index in [-0.39, 0.29) is 18.5 Å². The molecule has 0 aromatic heterocycles. The molecule has 0 aliphatic heterocycles. The molecule has 88 valence electrons. The number of carbonyl (C=O) groups excluding carboxylic acids is 2. The second-order valence-electron chi connectivity index (χ2n) is 3.58. The van der Waals surface area contributed by atoms with Gasteiger partial charge in [0.05, 0.1) is 6.67 Å². The van der Waals surface area contributed by atoms with Crippen LogP contribution in [0.5, 0.6) is 0 Å². The molecule has 0 saturated heterocycles. The first kappa shape index (κ1) is 13.9. The minimum Gasteiger partial charge on any atom is -0.339 e. The number of nitrogens with one attached hydrogen (secondary N) is 2. The van der Waals surface area contributed by atoms with Crippen LogP contribution in [0.15, 0.2) is 0 Å². The molecule has 0 aliphatic rings. The summed E-state index contributed by atoms with van der Waals surface area (Å²) in [5.74, 6) is 0.0142. The van der Waals surface area contributed by atoms with Crippen molar-refractivity contribution < 1.29 is 9.59 Å². The van der Waals surface area contributed by atoms with E-state index < -0.39 is 0 Å². The van der Waals surface area contributed by atoms with Crippen molar-refractivity contribution in [2.24, 2.45) is 0 Å². The maximum Gasteiger partial charge on any atom is 0.221 e. The number of carbonyl (C=O) groups is 2. The minimum absolute atomic E-state index is 0.00708. The van der Waals surface area contributed by atoms with E-state index in [2.05, 4.69) is 10.6 Å². The maximum atomic E-state index is 11.1. The Morgan fingerprint density at radius 2 is 1.27 bits per heavy atom. The van der Waals surface area contributed by atoms with Crippen LogP contribution in [0.3, 0.4) is 0 Å². The second kappa shape index (κ2) is 9.49. The van der Waals surface area contributed by atoms with Crippen LogP contribution in [0, 0.1) is 0 Å². The van der Waals surface area contributed by atoms with Crippen LogP contribution >= 0.6 is 0 Å². The lowest BCUT2D eigenvalue weighted by Gasteiger charge is -2.06. The van der Waals surface area contributed by atoms with Gasteiger partial charge in [0.15, 0.2) is 0 Å². The molecule has 2 N–H and O–H groups in total. The van der Waals surface area contributed by atoms with Crippen molar-refractivity contribution in [3.8, 4) is 0 Å². The molecule has 0 bridgehead atoms. The molecule has 0 rings (SSSR count). The summed E-state index contributed by atoms with van der Waals surface area (Å²) >= 11 is 0. The van der Waals surface area contributed by atoms with Gasteiger partial charge in [0.25, 0.3) is 0 Å². The molecule has 0 atom stereocenters. The van der Waals surface area contributed by atoms with E-state index >= 15 is 0 Å². The van der Waals surface area contributed by atoms with Gasteiger partial charge in [0, 0.05) is 12.8 Å². The second-order valence-corrected chi connectivity index (χ2v) is 3.58. The monoisotopic (exact) mass is 214 g/mol. The van der Waals surface area contributed by atoms with Crippen LogP contribution in [0.25, 0.3) is 0 Å². The molecule has 4 nitrogen and oxygen atoms in total. The lowest BCUT2D eigenvalue weighted by molar-refractivity contribution is -0.122. The molecule has 0 heterocycles. The number of hydrogen-bond donors (Lipinski definition) is 2. The summed E-state index contributed by atoms with van der Waals surface area (Å²) in [7, 11) is 0. The maximum absolute atomic E-state index is 11.1. The molecular formula is C11H22N2O2. The predicted molar refractivity (Wildman–Crippen MR) is 60.2 cm³/mol. The number of amides is 2. The zero-order valence-electron chi connectivity index (χ0n) is 9.77.